The molecular formula is C16H28N4O2S2. The Morgan fingerprint density at radius 2 is 1.92 bits per heavy atom. The molecule has 0 aromatic heterocycles. The van der Waals surface area contributed by atoms with E-state index in [0.29, 0.717) is 10.8 Å². The van der Waals surface area contributed by atoms with Gasteiger partial charge in [0.25, 0.3) is 0 Å². The van der Waals surface area contributed by atoms with E-state index in [4.69, 9.17) is 12.2 Å². The van der Waals surface area contributed by atoms with Crippen molar-refractivity contribution in [1.29, 1.82) is 0 Å². The molecule has 1 aromatic carbocycles. The SMILES string of the molecule is CCCCNc1ccc(S(=O)(=O)N(C)C)cc1NC(=S)NC(C)C. The molecule has 0 aliphatic heterocycles. The second-order valence-electron chi connectivity index (χ2n) is 6.03. The Hall–Kier alpha value is -1.38. The van der Waals surface area contributed by atoms with Crippen molar-refractivity contribution in [3.05, 3.63) is 18.2 Å². The Morgan fingerprint density at radius 1 is 1.25 bits per heavy atom. The number of nitrogens with zero attached hydrogens (tertiary/aromatic N) is 1. The van der Waals surface area contributed by atoms with Gasteiger partial charge in [0, 0.05) is 26.7 Å². The minimum Gasteiger partial charge on any atom is -0.383 e. The Morgan fingerprint density at radius 3 is 2.46 bits per heavy atom. The number of benzene rings is 1. The third-order valence-electron chi connectivity index (χ3n) is 3.28. The lowest BCUT2D eigenvalue weighted by Gasteiger charge is -2.19. The first-order valence-corrected chi connectivity index (χ1v) is 9.91. The van der Waals surface area contributed by atoms with Crippen LogP contribution in [0.2, 0.25) is 0 Å². The van der Waals surface area contributed by atoms with Crippen molar-refractivity contribution in [2.75, 3.05) is 31.3 Å². The summed E-state index contributed by atoms with van der Waals surface area (Å²) in [5.41, 5.74) is 1.47. The molecule has 24 heavy (non-hydrogen) atoms. The molecule has 8 heteroatoms. The molecule has 0 bridgehead atoms. The number of unbranched alkanes of at least 4 members (excludes halogenated alkanes) is 1. The van der Waals surface area contributed by atoms with E-state index in [-0.39, 0.29) is 10.9 Å². The van der Waals surface area contributed by atoms with Gasteiger partial charge in [-0.15, -0.1) is 0 Å². The fraction of sp³-hybridized carbons (Fsp3) is 0.562. The molecule has 6 nitrogen and oxygen atoms in total. The third-order valence-corrected chi connectivity index (χ3v) is 5.31. The van der Waals surface area contributed by atoms with Crippen molar-refractivity contribution in [2.45, 2.75) is 44.6 Å². The van der Waals surface area contributed by atoms with Crippen LogP contribution in [0.15, 0.2) is 23.1 Å². The molecule has 1 rings (SSSR count). The lowest BCUT2D eigenvalue weighted by Crippen LogP contribution is -2.34. The van der Waals surface area contributed by atoms with Crippen LogP contribution in [0.1, 0.15) is 33.6 Å². The molecule has 3 N–H and O–H groups in total. The zero-order valence-electron chi connectivity index (χ0n) is 15.0. The zero-order valence-corrected chi connectivity index (χ0v) is 16.6. The van der Waals surface area contributed by atoms with Crippen LogP contribution in [0.4, 0.5) is 11.4 Å². The van der Waals surface area contributed by atoms with E-state index in [2.05, 4.69) is 22.9 Å². The number of hydrogen-bond acceptors (Lipinski definition) is 4. The average Bonchev–Trinajstić information content (AvgIpc) is 2.47. The van der Waals surface area contributed by atoms with Crippen molar-refractivity contribution < 1.29 is 8.42 Å². The zero-order chi connectivity index (χ0) is 18.3. The fourth-order valence-electron chi connectivity index (χ4n) is 1.97. The van der Waals surface area contributed by atoms with Gasteiger partial charge in [0.2, 0.25) is 10.0 Å². The quantitative estimate of drug-likeness (QED) is 0.481. The van der Waals surface area contributed by atoms with Gasteiger partial charge in [0.15, 0.2) is 5.11 Å². The number of hydrogen-bond donors (Lipinski definition) is 3. The van der Waals surface area contributed by atoms with Gasteiger partial charge >= 0.3 is 0 Å². The summed E-state index contributed by atoms with van der Waals surface area (Å²) in [5, 5.41) is 9.98. The van der Waals surface area contributed by atoms with Gasteiger partial charge in [-0.2, -0.15) is 0 Å². The predicted octanol–water partition coefficient (Wildman–Crippen LogP) is 2.84. The van der Waals surface area contributed by atoms with Crippen molar-refractivity contribution in [3.63, 3.8) is 0 Å². The first kappa shape index (κ1) is 20.7. The van der Waals surface area contributed by atoms with E-state index < -0.39 is 10.0 Å². The number of rotatable bonds is 8. The van der Waals surface area contributed by atoms with Gasteiger partial charge in [-0.05, 0) is 50.7 Å². The highest BCUT2D eigenvalue weighted by Crippen LogP contribution is 2.27. The maximum absolute atomic E-state index is 12.3. The monoisotopic (exact) mass is 372 g/mol. The molecule has 0 saturated carbocycles. The van der Waals surface area contributed by atoms with Gasteiger partial charge in [0.05, 0.1) is 16.3 Å². The molecule has 0 unspecified atom stereocenters. The Balaban J connectivity index is 3.14. The number of nitrogens with one attached hydrogen (secondary N) is 3. The van der Waals surface area contributed by atoms with Crippen LogP contribution in [0.3, 0.4) is 0 Å². The lowest BCUT2D eigenvalue weighted by molar-refractivity contribution is 0.521. The molecule has 0 spiro atoms. The average molecular weight is 373 g/mol. The number of sulfonamides is 1. The van der Waals surface area contributed by atoms with E-state index in [0.717, 1.165) is 25.1 Å². The van der Waals surface area contributed by atoms with Crippen LogP contribution in [-0.2, 0) is 10.0 Å². The minimum atomic E-state index is -3.50. The predicted molar refractivity (Wildman–Crippen MR) is 105 cm³/mol. The van der Waals surface area contributed by atoms with E-state index in [9.17, 15) is 8.42 Å². The Kier molecular flexibility index (Phi) is 7.92. The largest absolute Gasteiger partial charge is 0.383 e. The summed E-state index contributed by atoms with van der Waals surface area (Å²) in [6, 6.07) is 5.17. The Bertz CT molecular complexity index is 658. The van der Waals surface area contributed by atoms with Crippen LogP contribution in [0.25, 0.3) is 0 Å². The standard InChI is InChI=1S/C16H28N4O2S2/c1-6-7-10-17-14-9-8-13(24(21,22)20(4)5)11-15(14)19-16(23)18-12(2)3/h8-9,11-12,17H,6-7,10H2,1-5H3,(H2,18,19,23). The summed E-state index contributed by atoms with van der Waals surface area (Å²) in [5.74, 6) is 0. The summed E-state index contributed by atoms with van der Waals surface area (Å²) in [4.78, 5) is 0.225. The van der Waals surface area contributed by atoms with Gasteiger partial charge in [-0.3, -0.25) is 0 Å². The smallest absolute Gasteiger partial charge is 0.242 e. The number of anilines is 2. The van der Waals surface area contributed by atoms with Gasteiger partial charge in [-0.1, -0.05) is 13.3 Å². The molecular weight excluding hydrogens is 344 g/mol. The van der Waals surface area contributed by atoms with Crippen LogP contribution in [0, 0.1) is 0 Å². The molecule has 0 saturated heterocycles. The van der Waals surface area contributed by atoms with Crippen LogP contribution < -0.4 is 16.0 Å². The number of thiocarbonyl (C=S) groups is 1. The molecule has 0 amide bonds. The minimum absolute atomic E-state index is 0.190. The first-order valence-electron chi connectivity index (χ1n) is 8.06. The summed E-state index contributed by atoms with van der Waals surface area (Å²) in [6.45, 7) is 6.91. The van der Waals surface area contributed by atoms with Crippen molar-refractivity contribution in [1.82, 2.24) is 9.62 Å². The molecule has 0 aliphatic carbocycles. The van der Waals surface area contributed by atoms with Crippen LogP contribution >= 0.6 is 12.2 Å². The van der Waals surface area contributed by atoms with Crippen LogP contribution in [0.5, 0.6) is 0 Å². The highest BCUT2D eigenvalue weighted by Gasteiger charge is 2.19. The van der Waals surface area contributed by atoms with Crippen molar-refractivity contribution >= 4 is 38.7 Å². The maximum Gasteiger partial charge on any atom is 0.242 e. The third kappa shape index (κ3) is 5.92. The van der Waals surface area contributed by atoms with Crippen LogP contribution in [-0.4, -0.2) is 44.5 Å². The van der Waals surface area contributed by atoms with E-state index >= 15 is 0 Å². The molecule has 0 radical (unpaired) electrons. The highest BCUT2D eigenvalue weighted by molar-refractivity contribution is 7.89. The summed E-state index contributed by atoms with van der Waals surface area (Å²) in [6.07, 6.45) is 2.11. The van der Waals surface area contributed by atoms with Gasteiger partial charge in [-0.25, -0.2) is 12.7 Å². The topological polar surface area (TPSA) is 73.5 Å². The van der Waals surface area contributed by atoms with Gasteiger partial charge < -0.3 is 16.0 Å². The second-order valence-corrected chi connectivity index (χ2v) is 8.59. The first-order chi connectivity index (χ1) is 11.2. The van der Waals surface area contributed by atoms with Crippen molar-refractivity contribution in [2.24, 2.45) is 0 Å². The van der Waals surface area contributed by atoms with E-state index in [1.807, 2.05) is 13.8 Å². The summed E-state index contributed by atoms with van der Waals surface area (Å²) >= 11 is 5.29. The molecule has 0 fully saturated rings. The molecule has 136 valence electrons. The highest BCUT2D eigenvalue weighted by atomic mass is 32.2. The molecule has 1 aromatic rings. The van der Waals surface area contributed by atoms with E-state index in [1.54, 1.807) is 18.2 Å². The maximum atomic E-state index is 12.3. The Labute approximate surface area is 151 Å². The summed E-state index contributed by atoms with van der Waals surface area (Å²) in [7, 11) is -0.469. The van der Waals surface area contributed by atoms with Crippen molar-refractivity contribution in [3.8, 4) is 0 Å². The van der Waals surface area contributed by atoms with E-state index in [1.165, 1.54) is 18.4 Å². The summed E-state index contributed by atoms with van der Waals surface area (Å²) < 4.78 is 25.9. The van der Waals surface area contributed by atoms with Gasteiger partial charge in [0.1, 0.15) is 0 Å². The normalized spacial score (nSPS) is 11.6. The molecule has 0 aliphatic rings. The fourth-order valence-corrected chi connectivity index (χ4v) is 3.25. The second kappa shape index (κ2) is 9.19. The molecule has 0 atom stereocenters. The lowest BCUT2D eigenvalue weighted by atomic mass is 10.2. The molecule has 0 heterocycles.